The number of benzene rings is 1. The lowest BCUT2D eigenvalue weighted by atomic mass is 10.1. The van der Waals surface area contributed by atoms with Gasteiger partial charge < -0.3 is 0 Å². The average molecular weight is 441 g/mol. The van der Waals surface area contributed by atoms with Gasteiger partial charge in [-0.25, -0.2) is 16.8 Å². The second-order valence-electron chi connectivity index (χ2n) is 6.72. The van der Waals surface area contributed by atoms with E-state index in [4.69, 9.17) is 0 Å². The third-order valence-corrected chi connectivity index (χ3v) is 6.41. The van der Waals surface area contributed by atoms with Gasteiger partial charge in [-0.1, -0.05) is 12.1 Å². The molecule has 0 saturated heterocycles. The first-order chi connectivity index (χ1) is 13.4. The van der Waals surface area contributed by atoms with E-state index in [2.05, 4.69) is 10.2 Å². The number of aryl methyl sites for hydroxylation is 3. The summed E-state index contributed by atoms with van der Waals surface area (Å²) in [5.41, 5.74) is 0.974. The molecule has 0 aliphatic heterocycles. The van der Waals surface area contributed by atoms with Crippen molar-refractivity contribution < 1.29 is 21.8 Å². The van der Waals surface area contributed by atoms with Crippen molar-refractivity contribution in [1.82, 2.24) is 18.8 Å². The molecule has 0 atom stereocenters. The van der Waals surface area contributed by atoms with Crippen LogP contribution in [0.25, 0.3) is 5.65 Å². The van der Waals surface area contributed by atoms with E-state index in [9.17, 15) is 26.9 Å². The fourth-order valence-electron chi connectivity index (χ4n) is 3.10. The Morgan fingerprint density at radius 1 is 1.03 bits per heavy atom. The molecule has 11 nitrogen and oxygen atoms in total. The standard InChI is InChI=1S/C16H19N5O6S2/c1-11-15(28(2,24)25)16-19(17-11)14(18-20(16)29(3,26)27)6-4-5-12-7-9-13(10-8-12)21(22)23/h7-10H,4-6H2,1-3H3. The van der Waals surface area contributed by atoms with Gasteiger partial charge >= 0.3 is 0 Å². The normalized spacial score (nSPS) is 12.5. The lowest BCUT2D eigenvalue weighted by Crippen LogP contribution is -2.14. The van der Waals surface area contributed by atoms with Gasteiger partial charge in [-0.2, -0.15) is 9.61 Å². The smallest absolute Gasteiger partial charge is 0.258 e. The summed E-state index contributed by atoms with van der Waals surface area (Å²) in [5, 5.41) is 19.0. The van der Waals surface area contributed by atoms with Crippen molar-refractivity contribution in [3.63, 3.8) is 0 Å². The summed E-state index contributed by atoms with van der Waals surface area (Å²) in [4.78, 5) is 10.1. The lowest BCUT2D eigenvalue weighted by Gasteiger charge is -2.01. The molecule has 13 heteroatoms. The number of nitro groups is 1. The van der Waals surface area contributed by atoms with Crippen molar-refractivity contribution in [2.24, 2.45) is 0 Å². The molecule has 2 heterocycles. The Kier molecular flexibility index (Phi) is 5.21. The lowest BCUT2D eigenvalue weighted by molar-refractivity contribution is -0.384. The van der Waals surface area contributed by atoms with Crippen LogP contribution >= 0.6 is 0 Å². The third-order valence-electron chi connectivity index (χ3n) is 4.31. The summed E-state index contributed by atoms with van der Waals surface area (Å²) in [5.74, 6) is 0.310. The number of non-ortho nitro benzene ring substituents is 1. The minimum atomic E-state index is -3.85. The molecule has 0 radical (unpaired) electrons. The highest BCUT2D eigenvalue weighted by Crippen LogP contribution is 2.24. The molecular formula is C16H19N5O6S2. The Labute approximate surface area is 167 Å². The molecule has 1 aromatic carbocycles. The van der Waals surface area contributed by atoms with Crippen LogP contribution in [0.1, 0.15) is 23.5 Å². The molecule has 0 unspecified atom stereocenters. The Hall–Kier alpha value is -2.80. The van der Waals surface area contributed by atoms with Gasteiger partial charge in [0.2, 0.25) is 0 Å². The van der Waals surface area contributed by atoms with E-state index >= 15 is 0 Å². The zero-order valence-electron chi connectivity index (χ0n) is 15.9. The number of rotatable bonds is 7. The Balaban J connectivity index is 1.93. The number of hydrogen-bond donors (Lipinski definition) is 0. The van der Waals surface area contributed by atoms with Crippen LogP contribution in [0.3, 0.4) is 0 Å². The van der Waals surface area contributed by atoms with Crippen LogP contribution in [0.2, 0.25) is 0 Å². The molecule has 3 aromatic rings. The van der Waals surface area contributed by atoms with Gasteiger partial charge in [0.15, 0.2) is 21.3 Å². The first-order valence-electron chi connectivity index (χ1n) is 8.51. The Morgan fingerprint density at radius 2 is 1.66 bits per heavy atom. The summed E-state index contributed by atoms with van der Waals surface area (Å²) in [6, 6.07) is 6.15. The molecule has 0 aliphatic rings. The maximum atomic E-state index is 12.2. The molecular weight excluding hydrogens is 422 g/mol. The van der Waals surface area contributed by atoms with E-state index in [0.717, 1.165) is 18.1 Å². The van der Waals surface area contributed by atoms with Crippen molar-refractivity contribution in [2.75, 3.05) is 12.5 Å². The predicted octanol–water partition coefficient (Wildman–Crippen LogP) is 1.13. The van der Waals surface area contributed by atoms with E-state index < -0.39 is 24.8 Å². The predicted molar refractivity (Wildman–Crippen MR) is 104 cm³/mol. The highest BCUT2D eigenvalue weighted by Gasteiger charge is 2.28. The summed E-state index contributed by atoms with van der Waals surface area (Å²) < 4.78 is 50.5. The number of nitro benzene ring substituents is 1. The molecule has 0 aliphatic carbocycles. The summed E-state index contributed by atoms with van der Waals surface area (Å²) >= 11 is 0. The van der Waals surface area contributed by atoms with E-state index in [0.29, 0.717) is 29.2 Å². The molecule has 0 amide bonds. The molecule has 29 heavy (non-hydrogen) atoms. The molecule has 2 aromatic heterocycles. The monoisotopic (exact) mass is 441 g/mol. The fourth-order valence-corrected chi connectivity index (χ4v) is 4.96. The van der Waals surface area contributed by atoms with Crippen molar-refractivity contribution >= 4 is 31.2 Å². The van der Waals surface area contributed by atoms with Crippen LogP contribution in [0.5, 0.6) is 0 Å². The van der Waals surface area contributed by atoms with Crippen LogP contribution in [0.15, 0.2) is 29.2 Å². The van der Waals surface area contributed by atoms with Crippen molar-refractivity contribution in [3.05, 3.63) is 51.5 Å². The number of hydrogen-bond acceptors (Lipinski definition) is 8. The molecule has 156 valence electrons. The number of sulfone groups is 1. The summed E-state index contributed by atoms with van der Waals surface area (Å²) in [6.45, 7) is 1.50. The SMILES string of the molecule is Cc1nn2c(CCCc3ccc([N+](=O)[O-])cc3)nn(S(C)(=O)=O)c2c1S(C)(=O)=O. The van der Waals surface area contributed by atoms with Crippen LogP contribution in [-0.4, -0.2) is 53.1 Å². The van der Waals surface area contributed by atoms with Crippen LogP contribution in [0.4, 0.5) is 5.69 Å². The number of fused-ring (bicyclic) bond motifs is 1. The topological polar surface area (TPSA) is 147 Å². The first kappa shape index (κ1) is 20.9. The largest absolute Gasteiger partial charge is 0.269 e. The first-order valence-corrected chi connectivity index (χ1v) is 12.2. The maximum absolute atomic E-state index is 12.2. The minimum Gasteiger partial charge on any atom is -0.258 e. The minimum absolute atomic E-state index is 0.00248. The molecule has 3 rings (SSSR count). The van der Waals surface area contributed by atoms with E-state index in [-0.39, 0.29) is 21.9 Å². The zero-order chi connectivity index (χ0) is 21.6. The molecule has 0 spiro atoms. The van der Waals surface area contributed by atoms with Crippen LogP contribution < -0.4 is 0 Å². The Morgan fingerprint density at radius 3 is 2.17 bits per heavy atom. The van der Waals surface area contributed by atoms with Gasteiger partial charge in [-0.15, -0.1) is 9.19 Å². The fraction of sp³-hybridized carbons (Fsp3) is 0.375. The van der Waals surface area contributed by atoms with E-state index in [1.54, 1.807) is 12.1 Å². The summed E-state index contributed by atoms with van der Waals surface area (Å²) in [6.07, 6.45) is 3.39. The highest BCUT2D eigenvalue weighted by molar-refractivity contribution is 7.91. The molecule has 0 N–H and O–H groups in total. The quantitative estimate of drug-likeness (QED) is 0.392. The average Bonchev–Trinajstić information content (AvgIpc) is 3.10. The maximum Gasteiger partial charge on any atom is 0.269 e. The number of aromatic nitrogens is 4. The van der Waals surface area contributed by atoms with Gasteiger partial charge in [0.1, 0.15) is 4.90 Å². The van der Waals surface area contributed by atoms with Crippen molar-refractivity contribution in [1.29, 1.82) is 0 Å². The van der Waals surface area contributed by atoms with Crippen LogP contribution in [0, 0.1) is 17.0 Å². The van der Waals surface area contributed by atoms with Crippen molar-refractivity contribution in [3.8, 4) is 0 Å². The van der Waals surface area contributed by atoms with Gasteiger partial charge in [0.25, 0.3) is 15.7 Å². The second-order valence-corrected chi connectivity index (χ2v) is 10.5. The van der Waals surface area contributed by atoms with Gasteiger partial charge in [-0.3, -0.25) is 10.1 Å². The molecule has 0 saturated carbocycles. The molecule has 0 fully saturated rings. The second kappa shape index (κ2) is 7.22. The highest BCUT2D eigenvalue weighted by atomic mass is 32.2. The van der Waals surface area contributed by atoms with Crippen molar-refractivity contribution in [2.45, 2.75) is 31.1 Å². The zero-order valence-corrected chi connectivity index (χ0v) is 17.6. The Bertz CT molecular complexity index is 1300. The van der Waals surface area contributed by atoms with Crippen LogP contribution in [-0.2, 0) is 32.7 Å². The summed E-state index contributed by atoms with van der Waals surface area (Å²) in [7, 11) is -7.58. The van der Waals surface area contributed by atoms with Gasteiger partial charge in [-0.05, 0) is 25.3 Å². The van der Waals surface area contributed by atoms with Gasteiger partial charge in [0, 0.05) is 24.8 Å². The van der Waals surface area contributed by atoms with Gasteiger partial charge in [0.05, 0.1) is 16.9 Å². The number of nitrogens with zero attached hydrogens (tertiary/aromatic N) is 5. The third kappa shape index (κ3) is 4.15. The van der Waals surface area contributed by atoms with E-state index in [1.807, 2.05) is 0 Å². The molecule has 0 bridgehead atoms. The van der Waals surface area contributed by atoms with E-state index in [1.165, 1.54) is 23.6 Å².